The molecule has 110 valence electrons. The Morgan fingerprint density at radius 3 is 2.65 bits per heavy atom. The zero-order chi connectivity index (χ0) is 15.3. The Labute approximate surface area is 127 Å². The number of hydrogen-bond acceptors (Lipinski definition) is 4. The highest BCUT2D eigenvalue weighted by atomic mass is 35.5. The summed E-state index contributed by atoms with van der Waals surface area (Å²) in [6.07, 6.45) is -0.781. The van der Waals surface area contributed by atoms with Gasteiger partial charge < -0.3 is 4.74 Å². The fraction of sp³-hybridized carbons (Fsp3) is 0.385. The number of hydrogen-bond donors (Lipinski definition) is 1. The molecule has 0 saturated carbocycles. The van der Waals surface area contributed by atoms with Crippen molar-refractivity contribution in [3.63, 3.8) is 0 Å². The Morgan fingerprint density at radius 1 is 1.40 bits per heavy atom. The van der Waals surface area contributed by atoms with Crippen molar-refractivity contribution in [1.82, 2.24) is 10.2 Å². The standard InChI is InChI=1S/C13H16Cl2N2O3/c1-8(12(18)16-13(19)20-3)17(2)7-9-5-4-6-10(14)11(9)15/h4-6,8H,7H2,1-3H3,(H,16,18,19)/t8-/m1/s1. The Bertz CT molecular complexity index is 508. The van der Waals surface area contributed by atoms with Gasteiger partial charge in [0.2, 0.25) is 5.91 Å². The first-order chi connectivity index (χ1) is 9.36. The van der Waals surface area contributed by atoms with Gasteiger partial charge in [-0.15, -0.1) is 0 Å². The average molecular weight is 319 g/mol. The topological polar surface area (TPSA) is 58.6 Å². The molecule has 0 saturated heterocycles. The maximum absolute atomic E-state index is 11.8. The van der Waals surface area contributed by atoms with Crippen LogP contribution in [0.25, 0.3) is 0 Å². The second-order valence-electron chi connectivity index (χ2n) is 4.28. The quantitative estimate of drug-likeness (QED) is 0.927. The summed E-state index contributed by atoms with van der Waals surface area (Å²) in [6, 6.07) is 4.79. The summed E-state index contributed by atoms with van der Waals surface area (Å²) in [5, 5.41) is 3.04. The lowest BCUT2D eigenvalue weighted by atomic mass is 10.2. The van der Waals surface area contributed by atoms with E-state index >= 15 is 0 Å². The van der Waals surface area contributed by atoms with Crippen LogP contribution in [0.2, 0.25) is 10.0 Å². The van der Waals surface area contributed by atoms with Crippen molar-refractivity contribution < 1.29 is 14.3 Å². The number of ether oxygens (including phenoxy) is 1. The molecule has 0 heterocycles. The highest BCUT2D eigenvalue weighted by molar-refractivity contribution is 6.42. The minimum absolute atomic E-state index is 0.426. The van der Waals surface area contributed by atoms with E-state index < -0.39 is 18.0 Å². The smallest absolute Gasteiger partial charge is 0.413 e. The van der Waals surface area contributed by atoms with E-state index in [1.165, 1.54) is 7.11 Å². The molecular formula is C13H16Cl2N2O3. The number of imide groups is 1. The number of likely N-dealkylation sites (N-methyl/N-ethyl adjacent to an activating group) is 1. The minimum Gasteiger partial charge on any atom is -0.453 e. The maximum Gasteiger partial charge on any atom is 0.413 e. The number of alkyl carbamates (subject to hydrolysis) is 1. The molecule has 1 aromatic rings. The summed E-state index contributed by atoms with van der Waals surface area (Å²) in [4.78, 5) is 24.5. The van der Waals surface area contributed by atoms with E-state index in [1.54, 1.807) is 31.0 Å². The molecule has 0 spiro atoms. The summed E-state index contributed by atoms with van der Waals surface area (Å²) in [5.41, 5.74) is 0.805. The van der Waals surface area contributed by atoms with E-state index in [2.05, 4.69) is 10.1 Å². The first kappa shape index (κ1) is 16.8. The summed E-state index contributed by atoms with van der Waals surface area (Å²) in [7, 11) is 2.95. The Hall–Kier alpha value is -1.30. The molecule has 1 rings (SSSR count). The van der Waals surface area contributed by atoms with Crippen LogP contribution in [0.15, 0.2) is 18.2 Å². The largest absolute Gasteiger partial charge is 0.453 e. The SMILES string of the molecule is COC(=O)NC(=O)[C@@H](C)N(C)Cc1cccc(Cl)c1Cl. The molecular weight excluding hydrogens is 303 g/mol. The predicted molar refractivity (Wildman–Crippen MR) is 77.9 cm³/mol. The number of carbonyl (C=O) groups is 2. The number of rotatable bonds is 4. The number of methoxy groups -OCH3 is 1. The van der Waals surface area contributed by atoms with Crippen molar-refractivity contribution in [1.29, 1.82) is 0 Å². The van der Waals surface area contributed by atoms with Gasteiger partial charge in [-0.05, 0) is 25.6 Å². The Balaban J connectivity index is 2.70. The molecule has 2 amide bonds. The molecule has 1 aromatic carbocycles. The molecule has 0 aliphatic heterocycles. The molecule has 1 N–H and O–H groups in total. The molecule has 0 fully saturated rings. The van der Waals surface area contributed by atoms with E-state index in [0.29, 0.717) is 16.6 Å². The summed E-state index contributed by atoms with van der Waals surface area (Å²) in [5.74, 6) is -0.447. The van der Waals surface area contributed by atoms with Crippen LogP contribution in [-0.4, -0.2) is 37.1 Å². The van der Waals surface area contributed by atoms with Gasteiger partial charge in [-0.1, -0.05) is 35.3 Å². The van der Waals surface area contributed by atoms with Crippen LogP contribution in [0.4, 0.5) is 4.79 Å². The molecule has 0 aromatic heterocycles. The van der Waals surface area contributed by atoms with E-state index in [4.69, 9.17) is 23.2 Å². The van der Waals surface area contributed by atoms with Gasteiger partial charge in [-0.25, -0.2) is 4.79 Å². The first-order valence-electron chi connectivity index (χ1n) is 5.88. The fourth-order valence-electron chi connectivity index (χ4n) is 1.53. The second kappa shape index (κ2) is 7.47. The number of benzene rings is 1. The van der Waals surface area contributed by atoms with Crippen LogP contribution in [0.1, 0.15) is 12.5 Å². The van der Waals surface area contributed by atoms with Gasteiger partial charge in [0.25, 0.3) is 0 Å². The lowest BCUT2D eigenvalue weighted by Crippen LogP contribution is -2.45. The van der Waals surface area contributed by atoms with Crippen molar-refractivity contribution in [2.45, 2.75) is 19.5 Å². The number of amides is 2. The lowest BCUT2D eigenvalue weighted by molar-refractivity contribution is -0.124. The van der Waals surface area contributed by atoms with Gasteiger partial charge in [0.1, 0.15) is 0 Å². The normalized spacial score (nSPS) is 12.1. The summed E-state index contributed by atoms with van der Waals surface area (Å²) >= 11 is 12.0. The third-order valence-corrected chi connectivity index (χ3v) is 3.76. The van der Waals surface area contributed by atoms with E-state index in [1.807, 2.05) is 6.07 Å². The molecule has 0 bridgehead atoms. The summed E-state index contributed by atoms with van der Waals surface area (Å²) in [6.45, 7) is 2.10. The molecule has 0 aliphatic rings. The van der Waals surface area contributed by atoms with E-state index in [-0.39, 0.29) is 0 Å². The fourth-order valence-corrected chi connectivity index (χ4v) is 1.91. The van der Waals surface area contributed by atoms with Crippen LogP contribution in [0.3, 0.4) is 0 Å². The first-order valence-corrected chi connectivity index (χ1v) is 6.64. The Kier molecular flexibility index (Phi) is 6.26. The third-order valence-electron chi connectivity index (χ3n) is 2.90. The number of carbonyl (C=O) groups excluding carboxylic acids is 2. The Morgan fingerprint density at radius 2 is 2.05 bits per heavy atom. The molecule has 20 heavy (non-hydrogen) atoms. The van der Waals surface area contributed by atoms with Gasteiger partial charge in [0.05, 0.1) is 23.2 Å². The zero-order valence-corrected chi connectivity index (χ0v) is 13.0. The molecule has 0 radical (unpaired) electrons. The highest BCUT2D eigenvalue weighted by Gasteiger charge is 2.21. The van der Waals surface area contributed by atoms with Crippen LogP contribution in [-0.2, 0) is 16.1 Å². The lowest BCUT2D eigenvalue weighted by Gasteiger charge is -2.23. The van der Waals surface area contributed by atoms with Crippen molar-refractivity contribution in [2.24, 2.45) is 0 Å². The van der Waals surface area contributed by atoms with Crippen LogP contribution >= 0.6 is 23.2 Å². The van der Waals surface area contributed by atoms with Crippen molar-refractivity contribution in [3.05, 3.63) is 33.8 Å². The molecule has 5 nitrogen and oxygen atoms in total. The highest BCUT2D eigenvalue weighted by Crippen LogP contribution is 2.26. The molecule has 1 atom stereocenters. The van der Waals surface area contributed by atoms with Crippen molar-refractivity contribution >= 4 is 35.2 Å². The minimum atomic E-state index is -0.781. The zero-order valence-electron chi connectivity index (χ0n) is 11.4. The number of halogens is 2. The molecule has 0 unspecified atom stereocenters. The van der Waals surface area contributed by atoms with E-state index in [0.717, 1.165) is 5.56 Å². The van der Waals surface area contributed by atoms with Gasteiger partial charge in [0.15, 0.2) is 0 Å². The monoisotopic (exact) mass is 318 g/mol. The average Bonchev–Trinajstić information content (AvgIpc) is 2.42. The van der Waals surface area contributed by atoms with Crippen LogP contribution < -0.4 is 5.32 Å². The third kappa shape index (κ3) is 4.37. The van der Waals surface area contributed by atoms with Gasteiger partial charge >= 0.3 is 6.09 Å². The molecule has 7 heteroatoms. The van der Waals surface area contributed by atoms with Gasteiger partial charge in [-0.3, -0.25) is 15.0 Å². The number of nitrogens with one attached hydrogen (secondary N) is 1. The van der Waals surface area contributed by atoms with Crippen LogP contribution in [0.5, 0.6) is 0 Å². The van der Waals surface area contributed by atoms with E-state index in [9.17, 15) is 9.59 Å². The summed E-state index contributed by atoms with van der Waals surface area (Å²) < 4.78 is 4.38. The molecule has 0 aliphatic carbocycles. The van der Waals surface area contributed by atoms with Gasteiger partial charge in [-0.2, -0.15) is 0 Å². The second-order valence-corrected chi connectivity index (χ2v) is 5.07. The maximum atomic E-state index is 11.8. The van der Waals surface area contributed by atoms with Gasteiger partial charge in [0, 0.05) is 6.54 Å². The van der Waals surface area contributed by atoms with Crippen molar-refractivity contribution in [2.75, 3.05) is 14.2 Å². The van der Waals surface area contributed by atoms with Crippen LogP contribution in [0, 0.1) is 0 Å². The number of nitrogens with zero attached hydrogens (tertiary/aromatic N) is 1. The predicted octanol–water partition coefficient (Wildman–Crippen LogP) is 2.70. The van der Waals surface area contributed by atoms with Crippen molar-refractivity contribution in [3.8, 4) is 0 Å².